The summed E-state index contributed by atoms with van der Waals surface area (Å²) in [5.41, 5.74) is 1.02. The minimum atomic E-state index is -0.728. The van der Waals surface area contributed by atoms with E-state index in [0.717, 1.165) is 5.57 Å². The fraction of sp³-hybridized carbons (Fsp3) is 0.263. The van der Waals surface area contributed by atoms with E-state index < -0.39 is 22.0 Å². The van der Waals surface area contributed by atoms with E-state index in [1.165, 1.54) is 25.3 Å². The Morgan fingerprint density at radius 1 is 1.36 bits per heavy atom. The fourth-order valence-corrected chi connectivity index (χ4v) is 3.65. The van der Waals surface area contributed by atoms with Gasteiger partial charge in [-0.05, 0) is 53.9 Å². The first kappa shape index (κ1) is 19.8. The fourth-order valence-electron chi connectivity index (χ4n) is 3.14. The van der Waals surface area contributed by atoms with Crippen molar-refractivity contribution in [2.45, 2.75) is 33.3 Å². The summed E-state index contributed by atoms with van der Waals surface area (Å²) in [5.74, 6) is 0.0471. The molecule has 1 amide bonds. The molecular weight excluding hydrogens is 430 g/mol. The summed E-state index contributed by atoms with van der Waals surface area (Å²) in [6.07, 6.45) is 1.47. The molecule has 0 saturated carbocycles. The first-order valence-electron chi connectivity index (χ1n) is 8.41. The lowest BCUT2D eigenvalue weighted by Gasteiger charge is -2.36. The van der Waals surface area contributed by atoms with Crippen LogP contribution in [0.15, 0.2) is 39.2 Å². The number of hydrogen-bond acceptors (Lipinski definition) is 5. The van der Waals surface area contributed by atoms with Crippen molar-refractivity contribution < 1.29 is 14.5 Å². The number of aromatic nitrogens is 1. The molecule has 0 spiro atoms. The Kier molecular flexibility index (Phi) is 4.88. The molecule has 8 nitrogen and oxygen atoms in total. The predicted octanol–water partition coefficient (Wildman–Crippen LogP) is 4.00. The number of nitrogens with one attached hydrogen (secondary N) is 2. The maximum atomic E-state index is 12.5. The van der Waals surface area contributed by atoms with Gasteiger partial charge in [-0.15, -0.1) is 0 Å². The normalized spacial score (nSPS) is 14.9. The highest BCUT2D eigenvalue weighted by Gasteiger charge is 2.36. The third kappa shape index (κ3) is 3.33. The van der Waals surface area contributed by atoms with Crippen LogP contribution in [0.2, 0.25) is 0 Å². The molecule has 0 radical (unpaired) electrons. The summed E-state index contributed by atoms with van der Waals surface area (Å²) in [6.45, 7) is 6.87. The Hall–Kier alpha value is -2.94. The van der Waals surface area contributed by atoms with Crippen LogP contribution in [-0.2, 0) is 4.79 Å². The van der Waals surface area contributed by atoms with E-state index >= 15 is 0 Å². The number of non-ortho nitro benzene ring substituents is 1. The molecule has 1 aliphatic rings. The standard InChI is InChI=1S/C19H18BrN3O5/c1-9-15(16-13(20)8-21-18(25)17(16)22-10(2)24)12-7-11(23(26)27)5-6-14(12)28-19(9,3)4/h5-8H,1-4H3,(H,21,25)(H,22,24). The predicted molar refractivity (Wildman–Crippen MR) is 109 cm³/mol. The number of halogens is 1. The Balaban J connectivity index is 2.42. The maximum Gasteiger partial charge on any atom is 0.272 e. The van der Waals surface area contributed by atoms with Gasteiger partial charge in [0.15, 0.2) is 0 Å². The smallest absolute Gasteiger partial charge is 0.272 e. The summed E-state index contributed by atoms with van der Waals surface area (Å²) in [6, 6.07) is 4.32. The lowest BCUT2D eigenvalue weighted by Crippen LogP contribution is -2.34. The van der Waals surface area contributed by atoms with Gasteiger partial charge < -0.3 is 15.0 Å². The highest BCUT2D eigenvalue weighted by atomic mass is 79.9. The second kappa shape index (κ2) is 6.90. The molecular formula is C19H18BrN3O5. The number of nitro groups is 1. The lowest BCUT2D eigenvalue weighted by molar-refractivity contribution is -0.384. The zero-order chi connectivity index (χ0) is 20.8. The molecule has 2 N–H and O–H groups in total. The van der Waals surface area contributed by atoms with Crippen LogP contribution in [0.25, 0.3) is 5.57 Å². The van der Waals surface area contributed by atoms with Gasteiger partial charge in [0, 0.05) is 40.9 Å². The van der Waals surface area contributed by atoms with Gasteiger partial charge in [-0.2, -0.15) is 0 Å². The first-order valence-corrected chi connectivity index (χ1v) is 9.20. The number of benzene rings is 1. The SMILES string of the molecule is CC(=O)Nc1c(C2=C(C)C(C)(C)Oc3ccc([N+](=O)[O-])cc32)c(Br)c[nH]c1=O. The van der Waals surface area contributed by atoms with Crippen LogP contribution >= 0.6 is 15.9 Å². The first-order chi connectivity index (χ1) is 13.0. The molecule has 1 aromatic carbocycles. The van der Waals surface area contributed by atoms with Crippen molar-refractivity contribution in [3.63, 3.8) is 0 Å². The molecule has 3 rings (SSSR count). The van der Waals surface area contributed by atoms with Gasteiger partial charge in [-0.25, -0.2) is 0 Å². The number of ether oxygens (including phenoxy) is 1. The van der Waals surface area contributed by atoms with E-state index in [9.17, 15) is 19.7 Å². The van der Waals surface area contributed by atoms with Crippen molar-refractivity contribution in [3.05, 3.63) is 66.0 Å². The molecule has 2 aromatic rings. The molecule has 0 bridgehead atoms. The van der Waals surface area contributed by atoms with Crippen LogP contribution in [0.1, 0.15) is 38.8 Å². The monoisotopic (exact) mass is 447 g/mol. The molecule has 2 heterocycles. The van der Waals surface area contributed by atoms with Crippen molar-refractivity contribution in [2.24, 2.45) is 0 Å². The van der Waals surface area contributed by atoms with E-state index in [1.54, 1.807) is 6.07 Å². The number of rotatable bonds is 3. The molecule has 0 unspecified atom stereocenters. The molecule has 146 valence electrons. The Morgan fingerprint density at radius 3 is 2.64 bits per heavy atom. The van der Waals surface area contributed by atoms with Crippen LogP contribution in [0.3, 0.4) is 0 Å². The van der Waals surface area contributed by atoms with Gasteiger partial charge in [0.25, 0.3) is 11.2 Å². The number of carbonyl (C=O) groups is 1. The summed E-state index contributed by atoms with van der Waals surface area (Å²) < 4.78 is 6.57. The second-order valence-corrected chi connectivity index (χ2v) is 7.80. The summed E-state index contributed by atoms with van der Waals surface area (Å²) in [4.78, 5) is 37.5. The van der Waals surface area contributed by atoms with Gasteiger partial charge in [-0.3, -0.25) is 19.7 Å². The van der Waals surface area contributed by atoms with Crippen LogP contribution in [0.5, 0.6) is 5.75 Å². The maximum absolute atomic E-state index is 12.5. The number of fused-ring (bicyclic) bond motifs is 1. The zero-order valence-corrected chi connectivity index (χ0v) is 17.3. The Labute approximate surface area is 168 Å². The number of anilines is 1. The number of amides is 1. The molecule has 0 atom stereocenters. The number of hydrogen-bond donors (Lipinski definition) is 2. The van der Waals surface area contributed by atoms with Gasteiger partial charge in [0.1, 0.15) is 17.0 Å². The minimum absolute atomic E-state index is 0.0615. The van der Waals surface area contributed by atoms with E-state index in [4.69, 9.17) is 4.74 Å². The summed E-state index contributed by atoms with van der Waals surface area (Å²) in [5, 5.41) is 13.9. The molecule has 9 heteroatoms. The van der Waals surface area contributed by atoms with Crippen LogP contribution in [0.4, 0.5) is 11.4 Å². The molecule has 0 aliphatic carbocycles. The lowest BCUT2D eigenvalue weighted by atomic mass is 9.83. The van der Waals surface area contributed by atoms with Gasteiger partial charge in [-0.1, -0.05) is 0 Å². The van der Waals surface area contributed by atoms with Gasteiger partial charge >= 0.3 is 0 Å². The van der Waals surface area contributed by atoms with Crippen LogP contribution in [-0.4, -0.2) is 21.4 Å². The number of carbonyl (C=O) groups excluding carboxylic acids is 1. The third-order valence-electron chi connectivity index (χ3n) is 4.68. The minimum Gasteiger partial charge on any atom is -0.483 e. The van der Waals surface area contributed by atoms with Gasteiger partial charge in [0.05, 0.1) is 4.92 Å². The average Bonchev–Trinajstić information content (AvgIpc) is 2.60. The summed E-state index contributed by atoms with van der Waals surface area (Å²) in [7, 11) is 0. The number of aromatic amines is 1. The highest BCUT2D eigenvalue weighted by Crippen LogP contribution is 2.47. The van der Waals surface area contributed by atoms with Crippen molar-refractivity contribution in [1.29, 1.82) is 0 Å². The average molecular weight is 448 g/mol. The topological polar surface area (TPSA) is 114 Å². The molecule has 0 saturated heterocycles. The van der Waals surface area contributed by atoms with Crippen molar-refractivity contribution >= 4 is 38.8 Å². The largest absolute Gasteiger partial charge is 0.483 e. The Bertz CT molecular complexity index is 1100. The van der Waals surface area contributed by atoms with E-state index in [-0.39, 0.29) is 11.4 Å². The number of nitro benzene ring substituents is 1. The molecule has 28 heavy (non-hydrogen) atoms. The molecule has 1 aliphatic heterocycles. The van der Waals surface area contributed by atoms with E-state index in [0.29, 0.717) is 26.9 Å². The highest BCUT2D eigenvalue weighted by molar-refractivity contribution is 9.10. The quantitative estimate of drug-likeness (QED) is 0.544. The molecule has 0 fully saturated rings. The van der Waals surface area contributed by atoms with Crippen molar-refractivity contribution in [1.82, 2.24) is 4.98 Å². The van der Waals surface area contributed by atoms with Crippen molar-refractivity contribution in [2.75, 3.05) is 5.32 Å². The van der Waals surface area contributed by atoms with E-state index in [1.807, 2.05) is 20.8 Å². The van der Waals surface area contributed by atoms with E-state index in [2.05, 4.69) is 26.2 Å². The van der Waals surface area contributed by atoms with Crippen molar-refractivity contribution in [3.8, 4) is 5.75 Å². The molecule has 1 aromatic heterocycles. The second-order valence-electron chi connectivity index (χ2n) is 6.95. The Morgan fingerprint density at radius 2 is 2.04 bits per heavy atom. The van der Waals surface area contributed by atoms with Gasteiger partial charge in [0.2, 0.25) is 5.91 Å². The summed E-state index contributed by atoms with van der Waals surface area (Å²) >= 11 is 3.44. The number of nitrogens with zero attached hydrogens (tertiary/aromatic N) is 1. The van der Waals surface area contributed by atoms with Crippen LogP contribution < -0.4 is 15.6 Å². The zero-order valence-electron chi connectivity index (χ0n) is 15.7. The third-order valence-corrected chi connectivity index (χ3v) is 5.31. The van der Waals surface area contributed by atoms with Crippen LogP contribution in [0, 0.1) is 10.1 Å². The number of pyridine rings is 1. The number of H-pyrrole nitrogens is 1.